The molecule has 0 saturated carbocycles. The summed E-state index contributed by atoms with van der Waals surface area (Å²) < 4.78 is 30.4. The van der Waals surface area contributed by atoms with Crippen molar-refractivity contribution in [3.63, 3.8) is 0 Å². The largest absolute Gasteiger partial charge is 0.490 e. The van der Waals surface area contributed by atoms with Gasteiger partial charge in [0.1, 0.15) is 0 Å². The van der Waals surface area contributed by atoms with Gasteiger partial charge in [-0.05, 0) is 32.9 Å². The molecule has 1 amide bonds. The third-order valence-electron chi connectivity index (χ3n) is 3.61. The number of methoxy groups -OCH3 is 1. The van der Waals surface area contributed by atoms with Crippen molar-refractivity contribution in [1.82, 2.24) is 4.90 Å². The Morgan fingerprint density at radius 1 is 1.48 bits per heavy atom. The average Bonchev–Trinajstić information content (AvgIpc) is 2.47. The molecule has 5 nitrogen and oxygen atoms in total. The van der Waals surface area contributed by atoms with Gasteiger partial charge >= 0.3 is 0 Å². The summed E-state index contributed by atoms with van der Waals surface area (Å²) in [5.74, 6) is -0.781. The number of benzene rings is 1. The van der Waals surface area contributed by atoms with Crippen LogP contribution in [0.5, 0.6) is 5.75 Å². The number of ether oxygens (including phenoxy) is 3. The molecule has 0 aliphatic carbocycles. The molecule has 1 heterocycles. The number of carbonyl (C=O) groups is 1. The lowest BCUT2D eigenvalue weighted by atomic mass is 10.0. The zero-order valence-corrected chi connectivity index (χ0v) is 14.1. The number of hydrogen-bond acceptors (Lipinski definition) is 4. The lowest BCUT2D eigenvalue weighted by Crippen LogP contribution is -2.55. The van der Waals surface area contributed by atoms with Crippen LogP contribution in [-0.2, 0) is 9.47 Å². The maximum absolute atomic E-state index is 14.0. The minimum Gasteiger partial charge on any atom is -0.490 e. The molecular weight excluding hydrogens is 301 g/mol. The standard InChI is InChI=1S/C17H24FNO4/c1-5-22-15-13(7-6-8-14(15)18)16(20)19-9-12(10-21-4)23-17(2,3)11-19/h6-8,12H,5,9-11H2,1-4H3/t12-/m1/s1. The third-order valence-corrected chi connectivity index (χ3v) is 3.61. The summed E-state index contributed by atoms with van der Waals surface area (Å²) in [7, 11) is 1.59. The van der Waals surface area contributed by atoms with Crippen molar-refractivity contribution < 1.29 is 23.4 Å². The first kappa shape index (κ1) is 17.7. The van der Waals surface area contributed by atoms with Crippen LogP contribution < -0.4 is 4.74 Å². The molecule has 1 saturated heterocycles. The maximum Gasteiger partial charge on any atom is 0.257 e. The van der Waals surface area contributed by atoms with E-state index < -0.39 is 11.4 Å². The van der Waals surface area contributed by atoms with E-state index in [2.05, 4.69) is 0 Å². The molecular formula is C17H24FNO4. The molecule has 128 valence electrons. The van der Waals surface area contributed by atoms with Crippen LogP contribution in [0.15, 0.2) is 18.2 Å². The van der Waals surface area contributed by atoms with Gasteiger partial charge in [-0.1, -0.05) is 6.07 Å². The first-order valence-corrected chi connectivity index (χ1v) is 7.75. The fourth-order valence-electron chi connectivity index (χ4n) is 2.86. The number of halogens is 1. The Morgan fingerprint density at radius 3 is 2.87 bits per heavy atom. The lowest BCUT2D eigenvalue weighted by molar-refractivity contribution is -0.143. The van der Waals surface area contributed by atoms with Gasteiger partial charge < -0.3 is 19.1 Å². The van der Waals surface area contributed by atoms with Gasteiger partial charge in [-0.25, -0.2) is 4.39 Å². The summed E-state index contributed by atoms with van der Waals surface area (Å²) in [4.78, 5) is 14.5. The molecule has 1 aromatic rings. The van der Waals surface area contributed by atoms with E-state index in [1.54, 1.807) is 25.0 Å². The summed E-state index contributed by atoms with van der Waals surface area (Å²) >= 11 is 0. The van der Waals surface area contributed by atoms with Crippen LogP contribution in [0, 0.1) is 5.82 Å². The van der Waals surface area contributed by atoms with Crippen molar-refractivity contribution in [1.29, 1.82) is 0 Å². The molecule has 0 spiro atoms. The molecule has 0 N–H and O–H groups in total. The normalized spacial score (nSPS) is 20.4. The van der Waals surface area contributed by atoms with E-state index in [1.165, 1.54) is 12.1 Å². The highest BCUT2D eigenvalue weighted by molar-refractivity contribution is 5.97. The predicted molar refractivity (Wildman–Crippen MR) is 84.3 cm³/mol. The van der Waals surface area contributed by atoms with Crippen LogP contribution in [0.4, 0.5) is 4.39 Å². The molecule has 0 aromatic heterocycles. The molecule has 23 heavy (non-hydrogen) atoms. The average molecular weight is 325 g/mol. The summed E-state index contributed by atoms with van der Waals surface area (Å²) in [6, 6.07) is 4.40. The van der Waals surface area contributed by atoms with Crippen molar-refractivity contribution in [3.8, 4) is 5.75 Å². The van der Waals surface area contributed by atoms with Crippen molar-refractivity contribution >= 4 is 5.91 Å². The van der Waals surface area contributed by atoms with Crippen LogP contribution in [0.1, 0.15) is 31.1 Å². The lowest BCUT2D eigenvalue weighted by Gasteiger charge is -2.42. The number of para-hydroxylation sites is 1. The minimum absolute atomic E-state index is 0.00703. The Hall–Kier alpha value is -1.66. The van der Waals surface area contributed by atoms with Gasteiger partial charge in [0.2, 0.25) is 0 Å². The number of carbonyl (C=O) groups excluding carboxylic acids is 1. The topological polar surface area (TPSA) is 48.0 Å². The molecule has 1 fully saturated rings. The van der Waals surface area contributed by atoms with Crippen molar-refractivity contribution in [2.75, 3.05) is 33.4 Å². The van der Waals surface area contributed by atoms with E-state index in [4.69, 9.17) is 14.2 Å². The van der Waals surface area contributed by atoms with Crippen molar-refractivity contribution in [2.24, 2.45) is 0 Å². The molecule has 0 radical (unpaired) electrons. The Morgan fingerprint density at radius 2 is 2.22 bits per heavy atom. The maximum atomic E-state index is 14.0. The van der Waals surface area contributed by atoms with E-state index in [9.17, 15) is 9.18 Å². The molecule has 1 atom stereocenters. The van der Waals surface area contributed by atoms with Gasteiger partial charge in [-0.3, -0.25) is 4.79 Å². The first-order valence-electron chi connectivity index (χ1n) is 7.75. The van der Waals surface area contributed by atoms with Gasteiger partial charge in [-0.15, -0.1) is 0 Å². The first-order chi connectivity index (χ1) is 10.9. The molecule has 0 unspecified atom stereocenters. The van der Waals surface area contributed by atoms with E-state index in [-0.39, 0.29) is 23.3 Å². The second-order valence-corrected chi connectivity index (χ2v) is 6.19. The van der Waals surface area contributed by atoms with Gasteiger partial charge in [0, 0.05) is 20.2 Å². The van der Waals surface area contributed by atoms with E-state index in [1.807, 2.05) is 13.8 Å². The molecule has 2 rings (SSSR count). The molecule has 1 aliphatic rings. The van der Waals surface area contributed by atoms with Crippen molar-refractivity contribution in [2.45, 2.75) is 32.5 Å². The third kappa shape index (κ3) is 4.20. The minimum atomic E-state index is -0.529. The number of morpholine rings is 1. The highest BCUT2D eigenvalue weighted by Crippen LogP contribution is 2.27. The molecule has 1 aliphatic heterocycles. The van der Waals surface area contributed by atoms with Crippen LogP contribution in [-0.4, -0.2) is 55.9 Å². The Kier molecular flexibility index (Phi) is 5.59. The fourth-order valence-corrected chi connectivity index (χ4v) is 2.86. The Bertz CT molecular complexity index is 562. The number of rotatable bonds is 5. The van der Waals surface area contributed by atoms with Crippen LogP contribution in [0.2, 0.25) is 0 Å². The number of amides is 1. The molecule has 0 bridgehead atoms. The summed E-state index contributed by atoms with van der Waals surface area (Å²) in [5.41, 5.74) is -0.253. The second-order valence-electron chi connectivity index (χ2n) is 6.19. The quantitative estimate of drug-likeness (QED) is 0.834. The van der Waals surface area contributed by atoms with Crippen LogP contribution in [0.25, 0.3) is 0 Å². The van der Waals surface area contributed by atoms with Crippen LogP contribution >= 0.6 is 0 Å². The molecule has 1 aromatic carbocycles. The van der Waals surface area contributed by atoms with Crippen molar-refractivity contribution in [3.05, 3.63) is 29.6 Å². The SMILES string of the molecule is CCOc1c(F)cccc1C(=O)N1C[C@H](COC)OC(C)(C)C1. The van der Waals surface area contributed by atoms with Gasteiger partial charge in [0.05, 0.1) is 30.5 Å². The van der Waals surface area contributed by atoms with E-state index >= 15 is 0 Å². The smallest absolute Gasteiger partial charge is 0.257 e. The van der Waals surface area contributed by atoms with Gasteiger partial charge in [0.15, 0.2) is 11.6 Å². The fraction of sp³-hybridized carbons (Fsp3) is 0.588. The second kappa shape index (κ2) is 7.27. The zero-order chi connectivity index (χ0) is 17.0. The monoisotopic (exact) mass is 325 g/mol. The Balaban J connectivity index is 2.27. The summed E-state index contributed by atoms with van der Waals surface area (Å²) in [6.45, 7) is 7.12. The van der Waals surface area contributed by atoms with Gasteiger partial charge in [0.25, 0.3) is 5.91 Å². The van der Waals surface area contributed by atoms with Crippen LogP contribution in [0.3, 0.4) is 0 Å². The highest BCUT2D eigenvalue weighted by atomic mass is 19.1. The van der Waals surface area contributed by atoms with Gasteiger partial charge in [-0.2, -0.15) is 0 Å². The summed E-state index contributed by atoms with van der Waals surface area (Å²) in [6.07, 6.45) is -0.211. The predicted octanol–water partition coefficient (Wildman–Crippen LogP) is 2.49. The zero-order valence-electron chi connectivity index (χ0n) is 14.1. The highest BCUT2D eigenvalue weighted by Gasteiger charge is 2.36. The molecule has 6 heteroatoms. The number of nitrogens with zero attached hydrogens (tertiary/aromatic N) is 1. The number of hydrogen-bond donors (Lipinski definition) is 0. The van der Waals surface area contributed by atoms with E-state index in [0.29, 0.717) is 26.3 Å². The Labute approximate surface area is 136 Å². The summed E-state index contributed by atoms with van der Waals surface area (Å²) in [5, 5.41) is 0. The van der Waals surface area contributed by atoms with E-state index in [0.717, 1.165) is 0 Å².